The molecule has 0 spiro atoms. The Morgan fingerprint density at radius 2 is 1.54 bits per heavy atom. The second-order valence-electron chi connectivity index (χ2n) is 4.82. The number of nitro benzene ring substituents is 1. The summed E-state index contributed by atoms with van der Waals surface area (Å²) >= 11 is 2.19. The average molecular weight is 431 g/mol. The van der Waals surface area contributed by atoms with Crippen molar-refractivity contribution in [1.29, 1.82) is 0 Å². The molecule has 0 unspecified atom stereocenters. The molecule has 24 heavy (non-hydrogen) atoms. The number of nitrogens with zero attached hydrogens (tertiary/aromatic N) is 1. The van der Waals surface area contributed by atoms with Gasteiger partial charge in [0.1, 0.15) is 0 Å². The van der Waals surface area contributed by atoms with Gasteiger partial charge in [0.25, 0.3) is 5.69 Å². The number of hydrogen-bond acceptors (Lipinski definition) is 3. The summed E-state index contributed by atoms with van der Waals surface area (Å²) in [7, 11) is 0. The number of non-ortho nitro benzene ring substituents is 1. The summed E-state index contributed by atoms with van der Waals surface area (Å²) in [6, 6.07) is 13.7. The van der Waals surface area contributed by atoms with Crippen LogP contribution in [0.3, 0.4) is 0 Å². The maximum atomic E-state index is 11.9. The third-order valence-corrected chi connectivity index (χ3v) is 3.82. The number of benzene rings is 2. The number of ketones is 1. The minimum absolute atomic E-state index is 0.0459. The predicted octanol–water partition coefficient (Wildman–Crippen LogP) is 5.21. The van der Waals surface area contributed by atoms with Crippen LogP contribution in [0.2, 0.25) is 0 Å². The monoisotopic (exact) mass is 431 g/mol. The predicted molar refractivity (Wildman–Crippen MR) is 104 cm³/mol. The Labute approximate surface area is 153 Å². The highest BCUT2D eigenvalue weighted by molar-refractivity contribution is 14.1. The molecular formula is C19H14INO3. The molecule has 2 aromatic carbocycles. The second kappa shape index (κ2) is 8.93. The fourth-order valence-electron chi connectivity index (χ4n) is 1.86. The second-order valence-corrected chi connectivity index (χ2v) is 6.07. The average Bonchev–Trinajstić information content (AvgIpc) is 2.58. The normalized spacial score (nSPS) is 11.5. The molecule has 2 rings (SSSR count). The Hall–Kier alpha value is -2.54. The molecule has 120 valence electrons. The van der Waals surface area contributed by atoms with Gasteiger partial charge in [-0.05, 0) is 58.5 Å². The number of nitro groups is 1. The van der Waals surface area contributed by atoms with E-state index in [2.05, 4.69) is 22.6 Å². The smallest absolute Gasteiger partial charge is 0.269 e. The van der Waals surface area contributed by atoms with Crippen molar-refractivity contribution < 1.29 is 9.72 Å². The molecule has 0 heterocycles. The number of carbonyl (C=O) groups excluding carboxylic acids is 1. The fourth-order valence-corrected chi connectivity index (χ4v) is 2.22. The molecule has 0 fully saturated rings. The van der Waals surface area contributed by atoms with Crippen molar-refractivity contribution in [3.05, 3.63) is 104 Å². The van der Waals surface area contributed by atoms with E-state index < -0.39 is 4.92 Å². The maximum Gasteiger partial charge on any atom is 0.269 e. The fraction of sp³-hybridized carbons (Fsp3) is 0. The lowest BCUT2D eigenvalue weighted by molar-refractivity contribution is -0.384. The van der Waals surface area contributed by atoms with Crippen molar-refractivity contribution in [2.24, 2.45) is 0 Å². The molecule has 0 aliphatic carbocycles. The highest BCUT2D eigenvalue weighted by Gasteiger charge is 2.02. The van der Waals surface area contributed by atoms with Crippen LogP contribution in [0.15, 0.2) is 78.9 Å². The summed E-state index contributed by atoms with van der Waals surface area (Å²) in [6.45, 7) is 0. The molecule has 0 aromatic heterocycles. The first-order valence-corrected chi connectivity index (χ1v) is 8.20. The first kappa shape index (κ1) is 17.8. The van der Waals surface area contributed by atoms with Gasteiger partial charge >= 0.3 is 0 Å². The zero-order chi connectivity index (χ0) is 17.4. The van der Waals surface area contributed by atoms with Crippen LogP contribution in [0.1, 0.15) is 15.9 Å². The van der Waals surface area contributed by atoms with E-state index in [9.17, 15) is 14.9 Å². The van der Waals surface area contributed by atoms with E-state index in [1.54, 1.807) is 48.6 Å². The van der Waals surface area contributed by atoms with E-state index in [1.807, 2.05) is 18.2 Å². The van der Waals surface area contributed by atoms with Crippen molar-refractivity contribution in [3.8, 4) is 0 Å². The SMILES string of the molecule is O=C(/C=C/C=C/C=C/c1ccc([N+](=O)[O-])cc1)c1ccc(I)cc1. The third kappa shape index (κ3) is 5.58. The quantitative estimate of drug-likeness (QED) is 0.158. The number of hydrogen-bond donors (Lipinski definition) is 0. The number of halogens is 1. The van der Waals surface area contributed by atoms with Crippen LogP contribution in [-0.4, -0.2) is 10.7 Å². The molecule has 0 bridgehead atoms. The van der Waals surface area contributed by atoms with E-state index in [4.69, 9.17) is 0 Å². The van der Waals surface area contributed by atoms with Crippen LogP contribution >= 0.6 is 22.6 Å². The standard InChI is InChI=1S/C19H14INO3/c20-17-11-9-16(10-12-17)19(22)6-4-2-1-3-5-15-7-13-18(14-8-15)21(23)24/h1-14H/b2-1+,5-3+,6-4+. The highest BCUT2D eigenvalue weighted by atomic mass is 127. The van der Waals surface area contributed by atoms with E-state index >= 15 is 0 Å². The van der Waals surface area contributed by atoms with Crippen LogP contribution in [-0.2, 0) is 0 Å². The Balaban J connectivity index is 1.88. The van der Waals surface area contributed by atoms with Crippen molar-refractivity contribution >= 4 is 40.1 Å². The van der Waals surface area contributed by atoms with Crippen LogP contribution in [0.5, 0.6) is 0 Å². The highest BCUT2D eigenvalue weighted by Crippen LogP contribution is 2.12. The van der Waals surface area contributed by atoms with Gasteiger partial charge in [0, 0.05) is 21.3 Å². The lowest BCUT2D eigenvalue weighted by Gasteiger charge is -1.94. The minimum atomic E-state index is -0.428. The third-order valence-electron chi connectivity index (χ3n) is 3.10. The Bertz CT molecular complexity index is 804. The van der Waals surface area contributed by atoms with Gasteiger partial charge in [-0.25, -0.2) is 0 Å². The summed E-state index contributed by atoms with van der Waals surface area (Å²) < 4.78 is 1.09. The minimum Gasteiger partial charge on any atom is -0.289 e. The van der Waals surface area contributed by atoms with Crippen molar-refractivity contribution in [3.63, 3.8) is 0 Å². The van der Waals surface area contributed by atoms with Crippen LogP contribution < -0.4 is 0 Å². The van der Waals surface area contributed by atoms with Crippen LogP contribution in [0, 0.1) is 13.7 Å². The van der Waals surface area contributed by atoms with Gasteiger partial charge in [0.05, 0.1) is 4.92 Å². The van der Waals surface area contributed by atoms with Gasteiger partial charge in [-0.1, -0.05) is 42.5 Å². The molecule has 0 atom stereocenters. The molecule has 0 amide bonds. The maximum absolute atomic E-state index is 11.9. The number of rotatable bonds is 6. The Morgan fingerprint density at radius 1 is 0.917 bits per heavy atom. The van der Waals surface area contributed by atoms with Crippen LogP contribution in [0.4, 0.5) is 5.69 Å². The van der Waals surface area contributed by atoms with E-state index in [0.717, 1.165) is 9.13 Å². The molecule has 0 aliphatic rings. The number of allylic oxidation sites excluding steroid dienone is 5. The molecule has 0 radical (unpaired) electrons. The molecule has 2 aromatic rings. The molecule has 0 saturated carbocycles. The summed E-state index contributed by atoms with van der Waals surface area (Å²) in [5.41, 5.74) is 1.59. The lowest BCUT2D eigenvalue weighted by Crippen LogP contribution is -1.93. The van der Waals surface area contributed by atoms with E-state index in [1.165, 1.54) is 18.2 Å². The molecule has 0 saturated heterocycles. The lowest BCUT2D eigenvalue weighted by atomic mass is 10.1. The molecule has 5 heteroatoms. The van der Waals surface area contributed by atoms with Gasteiger partial charge in [0.2, 0.25) is 0 Å². The summed E-state index contributed by atoms with van der Waals surface area (Å²) in [5.74, 6) is -0.0459. The van der Waals surface area contributed by atoms with Crippen LogP contribution in [0.25, 0.3) is 6.08 Å². The van der Waals surface area contributed by atoms with Gasteiger partial charge in [0.15, 0.2) is 5.78 Å². The summed E-state index contributed by atoms with van der Waals surface area (Å²) in [5, 5.41) is 10.6. The largest absolute Gasteiger partial charge is 0.289 e. The van der Waals surface area contributed by atoms with E-state index in [-0.39, 0.29) is 11.5 Å². The number of carbonyl (C=O) groups is 1. The van der Waals surface area contributed by atoms with Crippen molar-refractivity contribution in [2.45, 2.75) is 0 Å². The summed E-state index contributed by atoms with van der Waals surface area (Å²) in [6.07, 6.45) is 10.4. The van der Waals surface area contributed by atoms with Gasteiger partial charge in [-0.15, -0.1) is 0 Å². The topological polar surface area (TPSA) is 60.2 Å². The van der Waals surface area contributed by atoms with Crippen molar-refractivity contribution in [1.82, 2.24) is 0 Å². The van der Waals surface area contributed by atoms with Crippen molar-refractivity contribution in [2.75, 3.05) is 0 Å². The van der Waals surface area contributed by atoms with E-state index in [0.29, 0.717) is 5.56 Å². The zero-order valence-corrected chi connectivity index (χ0v) is 14.8. The van der Waals surface area contributed by atoms with Gasteiger partial charge in [-0.2, -0.15) is 0 Å². The first-order valence-electron chi connectivity index (χ1n) is 7.12. The molecular weight excluding hydrogens is 417 g/mol. The molecule has 0 aliphatic heterocycles. The summed E-state index contributed by atoms with van der Waals surface area (Å²) in [4.78, 5) is 22.0. The first-order chi connectivity index (χ1) is 11.6. The Kier molecular flexibility index (Phi) is 6.62. The van der Waals surface area contributed by atoms with Gasteiger partial charge < -0.3 is 0 Å². The van der Waals surface area contributed by atoms with Gasteiger partial charge in [-0.3, -0.25) is 14.9 Å². The molecule has 0 N–H and O–H groups in total. The zero-order valence-electron chi connectivity index (χ0n) is 12.6. The molecule has 4 nitrogen and oxygen atoms in total. The Morgan fingerprint density at radius 3 is 2.17 bits per heavy atom.